The first-order valence-corrected chi connectivity index (χ1v) is 7.74. The van der Waals surface area contributed by atoms with E-state index in [1.807, 2.05) is 18.2 Å². The van der Waals surface area contributed by atoms with Gasteiger partial charge in [-0.05, 0) is 36.5 Å². The van der Waals surface area contributed by atoms with E-state index in [0.717, 1.165) is 10.9 Å². The molecule has 22 heavy (non-hydrogen) atoms. The van der Waals surface area contributed by atoms with Gasteiger partial charge in [0.15, 0.2) is 11.5 Å². The maximum Gasteiger partial charge on any atom is 0.162 e. The van der Waals surface area contributed by atoms with Crippen LogP contribution in [0.3, 0.4) is 0 Å². The van der Waals surface area contributed by atoms with Crippen molar-refractivity contribution in [2.75, 3.05) is 14.2 Å². The minimum Gasteiger partial charge on any atom is -0.493 e. The smallest absolute Gasteiger partial charge is 0.162 e. The van der Waals surface area contributed by atoms with Crippen molar-refractivity contribution in [1.29, 1.82) is 0 Å². The van der Waals surface area contributed by atoms with Gasteiger partial charge in [-0.1, -0.05) is 25.2 Å². The first-order chi connectivity index (χ1) is 10.7. The Balaban J connectivity index is 0.000000196. The molecular weight excluding hydrogens is 274 g/mol. The molecule has 0 spiro atoms. The average molecular weight is 295 g/mol. The summed E-state index contributed by atoms with van der Waals surface area (Å²) in [4.78, 5) is 4.31. The Morgan fingerprint density at radius 1 is 1.09 bits per heavy atom. The summed E-state index contributed by atoms with van der Waals surface area (Å²) in [6.07, 6.45) is 11.5. The van der Waals surface area contributed by atoms with Gasteiger partial charge in [0.25, 0.3) is 0 Å². The molecule has 1 heterocycles. The van der Waals surface area contributed by atoms with Crippen LogP contribution in [-0.4, -0.2) is 19.2 Å². The number of rotatable bonds is 2. The monoisotopic (exact) mass is 295 g/mol. The molecule has 2 fully saturated rings. The minimum atomic E-state index is 0.611. The minimum absolute atomic E-state index is 0.611. The number of pyridine rings is 1. The van der Waals surface area contributed by atoms with Crippen LogP contribution < -0.4 is 9.47 Å². The van der Waals surface area contributed by atoms with Crippen molar-refractivity contribution in [2.24, 2.45) is 11.8 Å². The van der Waals surface area contributed by atoms with Crippen molar-refractivity contribution < 1.29 is 9.47 Å². The predicted molar refractivity (Wildman–Crippen MR) is 88.2 cm³/mol. The number of nitrogens with zero attached hydrogens (tertiary/aromatic N) is 1. The molecular formula is C19H21NO2. The van der Waals surface area contributed by atoms with Gasteiger partial charge in [0.05, 0.1) is 19.7 Å². The number of benzene rings is 1. The molecule has 2 saturated carbocycles. The normalized spacial score (nSPS) is 21.3. The largest absolute Gasteiger partial charge is 0.493 e. The van der Waals surface area contributed by atoms with E-state index >= 15 is 0 Å². The van der Waals surface area contributed by atoms with Crippen LogP contribution in [0.25, 0.3) is 10.9 Å². The summed E-state index contributed by atoms with van der Waals surface area (Å²) >= 11 is 0. The molecule has 3 heteroatoms. The van der Waals surface area contributed by atoms with Gasteiger partial charge in [-0.3, -0.25) is 0 Å². The highest BCUT2D eigenvalue weighted by Gasteiger charge is 2.40. The highest BCUT2D eigenvalue weighted by molar-refractivity contribution is 5.83. The van der Waals surface area contributed by atoms with Crippen molar-refractivity contribution in [3.8, 4) is 23.8 Å². The number of methoxy groups -OCH3 is 2. The van der Waals surface area contributed by atoms with Crippen molar-refractivity contribution in [3.05, 3.63) is 30.0 Å². The molecule has 114 valence electrons. The van der Waals surface area contributed by atoms with Crippen molar-refractivity contribution >= 4 is 10.9 Å². The fourth-order valence-corrected chi connectivity index (χ4v) is 3.19. The number of terminal acetylenes is 1. The van der Waals surface area contributed by atoms with Gasteiger partial charge >= 0.3 is 0 Å². The number of hydrogen-bond acceptors (Lipinski definition) is 3. The number of fused-ring (bicyclic) bond motifs is 2. The number of aromatic nitrogens is 1. The highest BCUT2D eigenvalue weighted by atomic mass is 16.5. The Morgan fingerprint density at radius 2 is 1.77 bits per heavy atom. The Bertz CT molecular complexity index is 709. The molecule has 0 N–H and O–H groups in total. The molecule has 0 bridgehead atoms. The standard InChI is InChI=1S/C13H11NO2.C6H10/c1-4-10-6-5-9-7-12(15-2)13(16-3)8-11(9)14-10;1-2-5-4-6(5)3-1/h1,5-8H,2-3H3;5-6H,1-4H2. The fraction of sp³-hybridized carbons (Fsp3) is 0.421. The third kappa shape index (κ3) is 3.01. The van der Waals surface area contributed by atoms with Gasteiger partial charge in [0.1, 0.15) is 5.69 Å². The second-order valence-electron chi connectivity index (χ2n) is 5.93. The van der Waals surface area contributed by atoms with Crippen LogP contribution in [0.5, 0.6) is 11.5 Å². The fourth-order valence-electron chi connectivity index (χ4n) is 3.19. The zero-order valence-corrected chi connectivity index (χ0v) is 13.1. The van der Waals surface area contributed by atoms with E-state index in [0.29, 0.717) is 17.2 Å². The maximum absolute atomic E-state index is 5.30. The summed E-state index contributed by atoms with van der Waals surface area (Å²) in [5.41, 5.74) is 1.41. The van der Waals surface area contributed by atoms with Crippen LogP contribution in [-0.2, 0) is 0 Å². The van der Waals surface area contributed by atoms with Gasteiger partial charge in [0, 0.05) is 11.5 Å². The summed E-state index contributed by atoms with van der Waals surface area (Å²) in [6.45, 7) is 0. The summed E-state index contributed by atoms with van der Waals surface area (Å²) in [6, 6.07) is 7.41. The summed E-state index contributed by atoms with van der Waals surface area (Å²) in [7, 11) is 3.20. The van der Waals surface area contributed by atoms with Gasteiger partial charge < -0.3 is 9.47 Å². The van der Waals surface area contributed by atoms with Crippen LogP contribution >= 0.6 is 0 Å². The lowest BCUT2D eigenvalue weighted by molar-refractivity contribution is 0.356. The van der Waals surface area contributed by atoms with E-state index in [9.17, 15) is 0 Å². The molecule has 2 unspecified atom stereocenters. The Morgan fingerprint density at radius 3 is 2.27 bits per heavy atom. The van der Waals surface area contributed by atoms with Crippen LogP contribution in [0, 0.1) is 24.2 Å². The van der Waals surface area contributed by atoms with Gasteiger partial charge in [-0.15, -0.1) is 6.42 Å². The summed E-state index contributed by atoms with van der Waals surface area (Å²) in [5, 5.41) is 0.969. The average Bonchev–Trinajstić information content (AvgIpc) is 3.18. The number of hydrogen-bond donors (Lipinski definition) is 0. The first-order valence-electron chi connectivity index (χ1n) is 7.74. The van der Waals surface area contributed by atoms with Gasteiger partial charge in [0.2, 0.25) is 0 Å². The molecule has 1 aromatic carbocycles. The lowest BCUT2D eigenvalue weighted by Gasteiger charge is -2.08. The molecule has 3 nitrogen and oxygen atoms in total. The van der Waals surface area contributed by atoms with Crippen molar-refractivity contribution in [1.82, 2.24) is 4.98 Å². The SMILES string of the molecule is C#Cc1ccc2cc(OC)c(OC)cc2n1.C1CC2CC2C1. The molecule has 2 aromatic rings. The zero-order chi connectivity index (χ0) is 15.5. The molecule has 0 radical (unpaired) electrons. The van der Waals surface area contributed by atoms with Crippen molar-refractivity contribution in [2.45, 2.75) is 25.7 Å². The second kappa shape index (κ2) is 6.27. The van der Waals surface area contributed by atoms with E-state index in [1.165, 1.54) is 18.3 Å². The second-order valence-corrected chi connectivity index (χ2v) is 5.93. The van der Waals surface area contributed by atoms with E-state index in [4.69, 9.17) is 15.9 Å². The van der Waals surface area contributed by atoms with Crippen molar-refractivity contribution in [3.63, 3.8) is 0 Å². The first kappa shape index (κ1) is 14.7. The zero-order valence-electron chi connectivity index (χ0n) is 13.1. The third-order valence-corrected chi connectivity index (χ3v) is 4.56. The van der Waals surface area contributed by atoms with Crippen LogP contribution in [0.1, 0.15) is 31.4 Å². The summed E-state index contributed by atoms with van der Waals surface area (Å²) in [5.74, 6) is 6.26. The van der Waals surface area contributed by atoms with Crippen LogP contribution in [0.4, 0.5) is 0 Å². The molecule has 2 atom stereocenters. The van der Waals surface area contributed by atoms with E-state index in [2.05, 4.69) is 10.9 Å². The lowest BCUT2D eigenvalue weighted by atomic mass is 10.2. The Labute approximate surface area is 131 Å². The van der Waals surface area contributed by atoms with Crippen LogP contribution in [0.15, 0.2) is 24.3 Å². The molecule has 2 aliphatic carbocycles. The van der Waals surface area contributed by atoms with Gasteiger partial charge in [-0.25, -0.2) is 4.98 Å². The Hall–Kier alpha value is -2.21. The molecule has 1 aromatic heterocycles. The number of ether oxygens (including phenoxy) is 2. The van der Waals surface area contributed by atoms with E-state index in [1.54, 1.807) is 39.5 Å². The highest BCUT2D eigenvalue weighted by Crippen LogP contribution is 2.51. The van der Waals surface area contributed by atoms with E-state index in [-0.39, 0.29) is 0 Å². The predicted octanol–water partition coefficient (Wildman–Crippen LogP) is 4.04. The van der Waals surface area contributed by atoms with Crippen LogP contribution in [0.2, 0.25) is 0 Å². The topological polar surface area (TPSA) is 31.4 Å². The molecule has 0 amide bonds. The molecule has 0 saturated heterocycles. The maximum atomic E-state index is 5.30. The lowest BCUT2D eigenvalue weighted by Crippen LogP contribution is -1.92. The molecule has 0 aliphatic heterocycles. The van der Waals surface area contributed by atoms with Gasteiger partial charge in [-0.2, -0.15) is 0 Å². The third-order valence-electron chi connectivity index (χ3n) is 4.56. The Kier molecular flexibility index (Phi) is 4.20. The summed E-state index contributed by atoms with van der Waals surface area (Å²) < 4.78 is 10.4. The van der Waals surface area contributed by atoms with E-state index < -0.39 is 0 Å². The molecule has 4 rings (SSSR count). The quantitative estimate of drug-likeness (QED) is 0.784. The molecule has 2 aliphatic rings.